The summed E-state index contributed by atoms with van der Waals surface area (Å²) in [7, 11) is 4.30. The fraction of sp³-hybridized carbons (Fsp3) is 0.476. The fourth-order valence-electron chi connectivity index (χ4n) is 3.96. The third-order valence-electron chi connectivity index (χ3n) is 5.29. The van der Waals surface area contributed by atoms with Crippen molar-refractivity contribution >= 4 is 0 Å². The first-order valence-corrected chi connectivity index (χ1v) is 9.08. The number of likely N-dealkylation sites (tertiary alicyclic amines) is 1. The molecule has 0 aliphatic carbocycles. The predicted octanol–water partition coefficient (Wildman–Crippen LogP) is 3.05. The highest BCUT2D eigenvalue weighted by Crippen LogP contribution is 2.36. The number of aryl methyl sites for hydroxylation is 1. The molecule has 0 unspecified atom stereocenters. The van der Waals surface area contributed by atoms with E-state index in [1.807, 2.05) is 30.6 Å². The van der Waals surface area contributed by atoms with Gasteiger partial charge in [0.15, 0.2) is 0 Å². The number of hydrogen-bond donors (Lipinski definition) is 1. The highest BCUT2D eigenvalue weighted by molar-refractivity contribution is 5.23. The molecule has 1 aliphatic heterocycles. The topological polar surface area (TPSA) is 39.6 Å². The van der Waals surface area contributed by atoms with Crippen LogP contribution in [0.15, 0.2) is 48.8 Å². The van der Waals surface area contributed by atoms with E-state index in [0.717, 1.165) is 18.7 Å². The number of hydrogen-bond acceptors (Lipinski definition) is 4. The minimum atomic E-state index is -0.443. The van der Waals surface area contributed by atoms with E-state index in [1.54, 1.807) is 0 Å². The number of aliphatic hydroxyl groups is 1. The van der Waals surface area contributed by atoms with Crippen LogP contribution in [0.25, 0.3) is 0 Å². The summed E-state index contributed by atoms with van der Waals surface area (Å²) in [5.41, 5.74) is 3.50. The minimum absolute atomic E-state index is 0.410. The Labute approximate surface area is 151 Å². The lowest BCUT2D eigenvalue weighted by Gasteiger charge is -2.29. The third kappa shape index (κ3) is 4.46. The number of rotatable bonds is 6. The van der Waals surface area contributed by atoms with Gasteiger partial charge in [-0.1, -0.05) is 35.9 Å². The van der Waals surface area contributed by atoms with Gasteiger partial charge >= 0.3 is 0 Å². The molecule has 4 heteroatoms. The zero-order valence-corrected chi connectivity index (χ0v) is 15.5. The van der Waals surface area contributed by atoms with Crippen molar-refractivity contribution < 1.29 is 5.11 Å². The van der Waals surface area contributed by atoms with Crippen molar-refractivity contribution in [1.82, 2.24) is 14.8 Å². The Morgan fingerprint density at radius 3 is 2.72 bits per heavy atom. The summed E-state index contributed by atoms with van der Waals surface area (Å²) in [6, 6.07) is 12.8. The van der Waals surface area contributed by atoms with Crippen molar-refractivity contribution in [1.29, 1.82) is 0 Å². The van der Waals surface area contributed by atoms with E-state index in [-0.39, 0.29) is 0 Å². The first-order chi connectivity index (χ1) is 12.0. The number of aromatic nitrogens is 1. The van der Waals surface area contributed by atoms with Gasteiger partial charge in [0.1, 0.15) is 0 Å². The molecule has 1 aromatic heterocycles. The van der Waals surface area contributed by atoms with Gasteiger partial charge in [-0.3, -0.25) is 9.88 Å². The molecule has 25 heavy (non-hydrogen) atoms. The highest BCUT2D eigenvalue weighted by Gasteiger charge is 2.33. The zero-order valence-electron chi connectivity index (χ0n) is 15.5. The van der Waals surface area contributed by atoms with E-state index in [1.165, 1.54) is 17.5 Å². The lowest BCUT2D eigenvalue weighted by Crippen LogP contribution is -2.32. The molecule has 2 heterocycles. The molecule has 0 bridgehead atoms. The Balaban J connectivity index is 1.61. The minimum Gasteiger partial charge on any atom is -0.387 e. The smallest absolute Gasteiger partial charge is 0.0916 e. The number of likely N-dealkylation sites (N-methyl/N-ethyl adjacent to an activating group) is 1. The molecule has 1 aliphatic rings. The number of aliphatic hydroxyl groups excluding tert-OH is 1. The quantitative estimate of drug-likeness (QED) is 0.878. The largest absolute Gasteiger partial charge is 0.387 e. The maximum atomic E-state index is 10.5. The Morgan fingerprint density at radius 1 is 1.28 bits per heavy atom. The van der Waals surface area contributed by atoms with E-state index >= 15 is 0 Å². The van der Waals surface area contributed by atoms with Gasteiger partial charge in [-0.2, -0.15) is 0 Å². The maximum absolute atomic E-state index is 10.5. The van der Waals surface area contributed by atoms with Crippen LogP contribution in [0.2, 0.25) is 0 Å². The Kier molecular flexibility index (Phi) is 5.84. The molecule has 3 rings (SSSR count). The summed E-state index contributed by atoms with van der Waals surface area (Å²) in [5, 5.41) is 10.5. The molecule has 134 valence electrons. The van der Waals surface area contributed by atoms with Crippen LogP contribution in [-0.4, -0.2) is 53.6 Å². The van der Waals surface area contributed by atoms with Gasteiger partial charge in [0.2, 0.25) is 0 Å². The molecule has 3 atom stereocenters. The summed E-state index contributed by atoms with van der Waals surface area (Å²) in [5.74, 6) is 0.560. The summed E-state index contributed by atoms with van der Waals surface area (Å²) >= 11 is 0. The second-order valence-corrected chi connectivity index (χ2v) is 7.41. The number of nitrogens with zero attached hydrogens (tertiary/aromatic N) is 3. The third-order valence-corrected chi connectivity index (χ3v) is 5.29. The summed E-state index contributed by atoms with van der Waals surface area (Å²) in [4.78, 5) is 8.98. The highest BCUT2D eigenvalue weighted by atomic mass is 16.3. The van der Waals surface area contributed by atoms with Gasteiger partial charge in [0.25, 0.3) is 0 Å². The predicted molar refractivity (Wildman–Crippen MR) is 101 cm³/mol. The molecule has 4 nitrogen and oxygen atoms in total. The standard InChI is InChI=1S/C21H29N3O/c1-16-6-8-17(9-7-16)20(25)15-23(2)14-19-10-12-24(3)21(19)18-5-4-11-22-13-18/h4-9,11,13,19-21,25H,10,12,14-15H2,1-3H3/t19-,20-,21-/m0/s1. The van der Waals surface area contributed by atoms with E-state index in [2.05, 4.69) is 54.0 Å². The van der Waals surface area contributed by atoms with E-state index in [9.17, 15) is 5.11 Å². The lowest BCUT2D eigenvalue weighted by atomic mass is 9.94. The van der Waals surface area contributed by atoms with Crippen LogP contribution in [-0.2, 0) is 0 Å². The van der Waals surface area contributed by atoms with Crippen molar-refractivity contribution in [2.75, 3.05) is 33.7 Å². The van der Waals surface area contributed by atoms with E-state index < -0.39 is 6.10 Å². The Bertz CT molecular complexity index is 659. The van der Waals surface area contributed by atoms with Crippen LogP contribution in [0.3, 0.4) is 0 Å². The van der Waals surface area contributed by atoms with Crippen LogP contribution in [0.4, 0.5) is 0 Å². The molecule has 0 radical (unpaired) electrons. The van der Waals surface area contributed by atoms with Crippen LogP contribution in [0.1, 0.15) is 35.3 Å². The van der Waals surface area contributed by atoms with Crippen molar-refractivity contribution in [2.45, 2.75) is 25.5 Å². The molecule has 0 saturated carbocycles. The lowest BCUT2D eigenvalue weighted by molar-refractivity contribution is 0.113. The van der Waals surface area contributed by atoms with Gasteiger partial charge in [-0.25, -0.2) is 0 Å². The fourth-order valence-corrected chi connectivity index (χ4v) is 3.96. The number of pyridine rings is 1. The second kappa shape index (κ2) is 8.09. The van der Waals surface area contributed by atoms with Gasteiger partial charge in [0, 0.05) is 31.5 Å². The average Bonchev–Trinajstić information content (AvgIpc) is 2.96. The van der Waals surface area contributed by atoms with Gasteiger partial charge in [-0.15, -0.1) is 0 Å². The van der Waals surface area contributed by atoms with Crippen LogP contribution in [0.5, 0.6) is 0 Å². The SMILES string of the molecule is Cc1ccc([C@@H](O)CN(C)C[C@@H]2CCN(C)[C@H]2c2cccnc2)cc1. The molecule has 0 spiro atoms. The van der Waals surface area contributed by atoms with Crippen molar-refractivity contribution in [3.8, 4) is 0 Å². The first kappa shape index (κ1) is 18.1. The summed E-state index contributed by atoms with van der Waals surface area (Å²) in [6.45, 7) is 4.81. The van der Waals surface area contributed by atoms with Crippen LogP contribution in [0, 0.1) is 12.8 Å². The van der Waals surface area contributed by atoms with Gasteiger partial charge in [0.05, 0.1) is 6.10 Å². The molecule has 1 N–H and O–H groups in total. The molecular weight excluding hydrogens is 310 g/mol. The monoisotopic (exact) mass is 339 g/mol. The number of benzene rings is 1. The van der Waals surface area contributed by atoms with Gasteiger partial charge in [-0.05, 0) is 57.1 Å². The summed E-state index contributed by atoms with van der Waals surface area (Å²) in [6.07, 6.45) is 4.56. The molecule has 1 saturated heterocycles. The van der Waals surface area contributed by atoms with Crippen molar-refractivity contribution in [3.63, 3.8) is 0 Å². The normalized spacial score (nSPS) is 22.4. The summed E-state index contributed by atoms with van der Waals surface area (Å²) < 4.78 is 0. The second-order valence-electron chi connectivity index (χ2n) is 7.41. The van der Waals surface area contributed by atoms with Crippen molar-refractivity contribution in [3.05, 3.63) is 65.5 Å². The first-order valence-electron chi connectivity index (χ1n) is 9.08. The Hall–Kier alpha value is -1.75. The Morgan fingerprint density at radius 2 is 2.04 bits per heavy atom. The average molecular weight is 339 g/mol. The van der Waals surface area contributed by atoms with Crippen LogP contribution < -0.4 is 0 Å². The molecule has 1 fully saturated rings. The molecule has 0 amide bonds. The maximum Gasteiger partial charge on any atom is 0.0916 e. The molecule has 2 aromatic rings. The molecule has 1 aromatic carbocycles. The zero-order chi connectivity index (χ0) is 17.8. The molecular formula is C21H29N3O. The van der Waals surface area contributed by atoms with E-state index in [0.29, 0.717) is 18.5 Å². The van der Waals surface area contributed by atoms with Crippen molar-refractivity contribution in [2.24, 2.45) is 5.92 Å². The van der Waals surface area contributed by atoms with E-state index in [4.69, 9.17) is 0 Å². The van der Waals surface area contributed by atoms with Crippen LogP contribution >= 0.6 is 0 Å². The van der Waals surface area contributed by atoms with Gasteiger partial charge < -0.3 is 10.0 Å².